The minimum atomic E-state index is -1.65. The monoisotopic (exact) mass is 421 g/mol. The number of carbonyl (C=O) groups excluding carboxylic acids is 2. The molecule has 0 heterocycles. The average molecular weight is 421 g/mol. The van der Waals surface area contributed by atoms with E-state index in [9.17, 15) is 22.8 Å². The van der Waals surface area contributed by atoms with Crippen LogP contribution in [-0.4, -0.2) is 36.3 Å². The summed E-state index contributed by atoms with van der Waals surface area (Å²) in [4.78, 5) is 26.4. The van der Waals surface area contributed by atoms with Gasteiger partial charge in [-0.25, -0.2) is 13.2 Å². The maximum Gasteiger partial charge on any atom is 0.238 e. The number of hydrogen-bond donors (Lipinski definition) is 2. The van der Waals surface area contributed by atoms with Gasteiger partial charge in [-0.3, -0.25) is 14.5 Å². The Morgan fingerprint density at radius 2 is 1.60 bits per heavy atom. The first-order valence-electron chi connectivity index (χ1n) is 9.80. The van der Waals surface area contributed by atoms with Gasteiger partial charge in [-0.2, -0.15) is 0 Å². The molecule has 0 unspecified atom stereocenters. The molecule has 162 valence electrons. The molecule has 0 aliphatic heterocycles. The van der Waals surface area contributed by atoms with E-state index in [1.165, 1.54) is 0 Å². The number of carbonyl (C=O) groups is 2. The number of amides is 2. The molecule has 0 spiro atoms. The standard InChI is InChI=1S/C22H26F3N3O2/c1-4-11-28(12-18(29)26-17-10-9-16(23)20(24)21(17)25)13-19(30)27-22-14(3)7-6-8-15(22)5-2/h6-10H,4-5,11-13H2,1-3H3,(H,26,29)(H,27,30). The van der Waals surface area contributed by atoms with Gasteiger partial charge < -0.3 is 10.6 Å². The Kier molecular flexibility index (Phi) is 8.41. The maximum absolute atomic E-state index is 13.8. The second-order valence-corrected chi connectivity index (χ2v) is 6.99. The fourth-order valence-electron chi connectivity index (χ4n) is 3.13. The van der Waals surface area contributed by atoms with Crippen LogP contribution in [0.25, 0.3) is 0 Å². The number of halogens is 3. The predicted octanol–water partition coefficient (Wildman–Crippen LogP) is 4.26. The Morgan fingerprint density at radius 3 is 2.23 bits per heavy atom. The van der Waals surface area contributed by atoms with Gasteiger partial charge in [-0.05, 0) is 49.6 Å². The number of hydrogen-bond acceptors (Lipinski definition) is 3. The zero-order valence-corrected chi connectivity index (χ0v) is 17.3. The van der Waals surface area contributed by atoms with Crippen molar-refractivity contribution in [2.45, 2.75) is 33.6 Å². The highest BCUT2D eigenvalue weighted by Gasteiger charge is 2.19. The lowest BCUT2D eigenvalue weighted by Crippen LogP contribution is -2.39. The summed E-state index contributed by atoms with van der Waals surface area (Å²) in [5.41, 5.74) is 2.26. The molecule has 2 N–H and O–H groups in total. The summed E-state index contributed by atoms with van der Waals surface area (Å²) in [6.07, 6.45) is 1.45. The molecule has 2 aromatic carbocycles. The molecule has 0 bridgehead atoms. The van der Waals surface area contributed by atoms with E-state index >= 15 is 0 Å². The van der Waals surface area contributed by atoms with Gasteiger partial charge in [0.1, 0.15) is 0 Å². The van der Waals surface area contributed by atoms with Crippen LogP contribution in [0.1, 0.15) is 31.4 Å². The normalized spacial score (nSPS) is 10.9. The third-order valence-corrected chi connectivity index (χ3v) is 4.59. The smallest absolute Gasteiger partial charge is 0.238 e. The largest absolute Gasteiger partial charge is 0.324 e. The van der Waals surface area contributed by atoms with Crippen molar-refractivity contribution in [2.24, 2.45) is 0 Å². The van der Waals surface area contributed by atoms with E-state index in [4.69, 9.17) is 0 Å². The topological polar surface area (TPSA) is 61.4 Å². The van der Waals surface area contributed by atoms with Gasteiger partial charge in [-0.15, -0.1) is 0 Å². The number of benzene rings is 2. The van der Waals surface area contributed by atoms with E-state index in [1.54, 1.807) is 4.90 Å². The van der Waals surface area contributed by atoms with E-state index in [-0.39, 0.29) is 19.0 Å². The van der Waals surface area contributed by atoms with Crippen LogP contribution in [0, 0.1) is 24.4 Å². The number of anilines is 2. The summed E-state index contributed by atoms with van der Waals surface area (Å²) in [7, 11) is 0. The molecule has 0 fully saturated rings. The predicted molar refractivity (Wildman–Crippen MR) is 111 cm³/mol. The number of aryl methyl sites for hydroxylation is 2. The summed E-state index contributed by atoms with van der Waals surface area (Å²) in [6.45, 7) is 6.01. The number of nitrogens with one attached hydrogen (secondary N) is 2. The summed E-state index contributed by atoms with van der Waals surface area (Å²) in [6, 6.07) is 7.46. The molecule has 0 saturated carbocycles. The molecule has 2 aromatic rings. The van der Waals surface area contributed by atoms with E-state index in [2.05, 4.69) is 10.6 Å². The van der Waals surface area contributed by atoms with Crippen molar-refractivity contribution in [1.29, 1.82) is 0 Å². The third-order valence-electron chi connectivity index (χ3n) is 4.59. The highest BCUT2D eigenvalue weighted by atomic mass is 19.2. The van der Waals surface area contributed by atoms with Crippen LogP contribution >= 0.6 is 0 Å². The lowest BCUT2D eigenvalue weighted by atomic mass is 10.1. The second-order valence-electron chi connectivity index (χ2n) is 6.99. The number of nitrogens with zero attached hydrogens (tertiary/aromatic N) is 1. The van der Waals surface area contributed by atoms with Crippen LogP contribution in [0.4, 0.5) is 24.5 Å². The zero-order valence-electron chi connectivity index (χ0n) is 17.3. The first kappa shape index (κ1) is 23.4. The Bertz CT molecular complexity index is 919. The lowest BCUT2D eigenvalue weighted by molar-refractivity contribution is -0.120. The molecule has 0 aromatic heterocycles. The quantitative estimate of drug-likeness (QED) is 0.595. The molecule has 30 heavy (non-hydrogen) atoms. The van der Waals surface area contributed by atoms with Crippen LogP contribution < -0.4 is 10.6 Å². The Morgan fingerprint density at radius 1 is 0.933 bits per heavy atom. The molecule has 0 aliphatic rings. The van der Waals surface area contributed by atoms with Crippen LogP contribution in [0.5, 0.6) is 0 Å². The van der Waals surface area contributed by atoms with E-state index in [0.29, 0.717) is 13.0 Å². The molecule has 2 rings (SSSR count). The van der Waals surface area contributed by atoms with Gasteiger partial charge in [0, 0.05) is 5.69 Å². The van der Waals surface area contributed by atoms with Gasteiger partial charge >= 0.3 is 0 Å². The summed E-state index contributed by atoms with van der Waals surface area (Å²) in [5.74, 6) is -5.36. The minimum Gasteiger partial charge on any atom is -0.324 e. The lowest BCUT2D eigenvalue weighted by Gasteiger charge is -2.21. The van der Waals surface area contributed by atoms with Crippen molar-refractivity contribution < 1.29 is 22.8 Å². The Labute approximate surface area is 174 Å². The molecule has 0 atom stereocenters. The Balaban J connectivity index is 2.03. The average Bonchev–Trinajstić information content (AvgIpc) is 2.70. The minimum absolute atomic E-state index is 0.0426. The molecule has 5 nitrogen and oxygen atoms in total. The molecule has 0 aliphatic carbocycles. The first-order chi connectivity index (χ1) is 14.3. The highest BCUT2D eigenvalue weighted by molar-refractivity contribution is 5.95. The second kappa shape index (κ2) is 10.8. The molecular weight excluding hydrogens is 395 g/mol. The first-order valence-corrected chi connectivity index (χ1v) is 9.80. The fourth-order valence-corrected chi connectivity index (χ4v) is 3.13. The molecule has 0 radical (unpaired) electrons. The van der Waals surface area contributed by atoms with Gasteiger partial charge in [0.25, 0.3) is 0 Å². The molecule has 2 amide bonds. The van der Waals surface area contributed by atoms with E-state index in [1.807, 2.05) is 39.0 Å². The van der Waals surface area contributed by atoms with Crippen LogP contribution in [0.2, 0.25) is 0 Å². The van der Waals surface area contributed by atoms with Crippen molar-refractivity contribution in [1.82, 2.24) is 4.90 Å². The molecule has 8 heteroatoms. The zero-order chi connectivity index (χ0) is 22.3. The SMILES string of the molecule is CCCN(CC(=O)Nc1ccc(F)c(F)c1F)CC(=O)Nc1c(C)cccc1CC. The van der Waals surface area contributed by atoms with Crippen LogP contribution in [0.3, 0.4) is 0 Å². The van der Waals surface area contributed by atoms with Crippen molar-refractivity contribution in [3.05, 3.63) is 58.9 Å². The van der Waals surface area contributed by atoms with E-state index < -0.39 is 29.0 Å². The highest BCUT2D eigenvalue weighted by Crippen LogP contribution is 2.21. The fraction of sp³-hybridized carbons (Fsp3) is 0.364. The maximum atomic E-state index is 13.8. The van der Waals surface area contributed by atoms with E-state index in [0.717, 1.165) is 35.4 Å². The van der Waals surface area contributed by atoms with Crippen LogP contribution in [0.15, 0.2) is 30.3 Å². The third kappa shape index (κ3) is 6.06. The summed E-state index contributed by atoms with van der Waals surface area (Å²) in [5, 5.41) is 5.12. The Hall–Kier alpha value is -2.87. The van der Waals surface area contributed by atoms with Crippen LogP contribution in [-0.2, 0) is 16.0 Å². The van der Waals surface area contributed by atoms with Crippen molar-refractivity contribution in [3.63, 3.8) is 0 Å². The van der Waals surface area contributed by atoms with Gasteiger partial charge in [-0.1, -0.05) is 32.0 Å². The summed E-state index contributed by atoms with van der Waals surface area (Å²) >= 11 is 0. The van der Waals surface area contributed by atoms with Gasteiger partial charge in [0.2, 0.25) is 11.8 Å². The van der Waals surface area contributed by atoms with Crippen molar-refractivity contribution in [3.8, 4) is 0 Å². The summed E-state index contributed by atoms with van der Waals surface area (Å²) < 4.78 is 40.1. The van der Waals surface area contributed by atoms with Gasteiger partial charge in [0.05, 0.1) is 18.8 Å². The van der Waals surface area contributed by atoms with Gasteiger partial charge in [0.15, 0.2) is 17.5 Å². The van der Waals surface area contributed by atoms with Crippen molar-refractivity contribution in [2.75, 3.05) is 30.3 Å². The molecule has 0 saturated heterocycles. The molecular formula is C22H26F3N3O2. The van der Waals surface area contributed by atoms with Crippen molar-refractivity contribution >= 4 is 23.2 Å². The number of para-hydroxylation sites is 1. The number of rotatable bonds is 9.